The first-order valence-electron chi connectivity index (χ1n) is 12.1. The van der Waals surface area contributed by atoms with E-state index < -0.39 is 5.60 Å². The predicted octanol–water partition coefficient (Wildman–Crippen LogP) is 6.73. The minimum absolute atomic E-state index is 0.210. The fourth-order valence-electron chi connectivity index (χ4n) is 6.70. The van der Waals surface area contributed by atoms with Crippen LogP contribution >= 0.6 is 0 Å². The molecule has 0 aliphatic heterocycles. The van der Waals surface area contributed by atoms with Gasteiger partial charge in [-0.05, 0) is 93.5 Å². The fourth-order valence-corrected chi connectivity index (χ4v) is 6.70. The normalized spacial score (nSPS) is 37.9. The first-order valence-corrected chi connectivity index (χ1v) is 12.1. The van der Waals surface area contributed by atoms with E-state index in [4.69, 9.17) is 0 Å². The van der Waals surface area contributed by atoms with Crippen LogP contribution in [0.15, 0.2) is 35.5 Å². The lowest BCUT2D eigenvalue weighted by Crippen LogP contribution is -2.45. The summed E-state index contributed by atoms with van der Waals surface area (Å²) in [5.74, 6) is 1.70. The second-order valence-corrected chi connectivity index (χ2v) is 11.1. The van der Waals surface area contributed by atoms with Gasteiger partial charge in [0.25, 0.3) is 0 Å². The van der Waals surface area contributed by atoms with Crippen LogP contribution in [0.3, 0.4) is 0 Å². The Bertz CT molecular complexity index is 653. The van der Waals surface area contributed by atoms with Crippen molar-refractivity contribution in [1.82, 2.24) is 0 Å². The maximum Gasteiger partial charge on any atom is 0.0653 e. The van der Waals surface area contributed by atoms with Crippen LogP contribution in [-0.4, -0.2) is 21.9 Å². The van der Waals surface area contributed by atoms with Gasteiger partial charge in [0.1, 0.15) is 0 Å². The van der Waals surface area contributed by atoms with Crippen molar-refractivity contribution in [2.75, 3.05) is 0 Å². The van der Waals surface area contributed by atoms with Crippen LogP contribution in [0.2, 0.25) is 0 Å². The summed E-state index contributed by atoms with van der Waals surface area (Å²) in [7, 11) is 0. The molecule has 29 heavy (non-hydrogen) atoms. The minimum atomic E-state index is -0.554. The standard InChI is InChI=1S/C27H44O2/c1-19(2)8-6-17-27(5,29)25-15-14-24-21(9-7-16-26(24,25)4)11-12-22-18-23(28)13-10-20(22)3/h11-12,19,23-25,28-29H,3,6-10,13-18H2,1-2,4-5H3/b21-11+,22-12-/t23-,24+,25+,26+,27-/m1/s1. The van der Waals surface area contributed by atoms with Gasteiger partial charge in [-0.1, -0.05) is 63.5 Å². The molecule has 0 aromatic rings. The zero-order chi connectivity index (χ0) is 21.2. The van der Waals surface area contributed by atoms with Crippen molar-refractivity contribution in [2.24, 2.45) is 23.2 Å². The third-order valence-electron chi connectivity index (χ3n) is 8.37. The lowest BCUT2D eigenvalue weighted by Gasteiger charge is -2.47. The van der Waals surface area contributed by atoms with Gasteiger partial charge >= 0.3 is 0 Å². The Morgan fingerprint density at radius 2 is 1.97 bits per heavy atom. The van der Waals surface area contributed by atoms with Crippen molar-refractivity contribution in [3.8, 4) is 0 Å². The smallest absolute Gasteiger partial charge is 0.0653 e. The summed E-state index contributed by atoms with van der Waals surface area (Å²) in [6.45, 7) is 13.3. The largest absolute Gasteiger partial charge is 0.393 e. The van der Waals surface area contributed by atoms with Crippen molar-refractivity contribution in [2.45, 2.75) is 110 Å². The van der Waals surface area contributed by atoms with Gasteiger partial charge in [0.2, 0.25) is 0 Å². The fraction of sp³-hybridized carbons (Fsp3) is 0.778. The molecule has 0 heterocycles. The number of rotatable bonds is 6. The highest BCUT2D eigenvalue weighted by atomic mass is 16.3. The molecule has 0 aromatic carbocycles. The maximum absolute atomic E-state index is 11.4. The molecule has 2 N–H and O–H groups in total. The molecular formula is C27H44O2. The molecule has 0 bridgehead atoms. The van der Waals surface area contributed by atoms with Gasteiger partial charge in [0, 0.05) is 0 Å². The first-order chi connectivity index (χ1) is 13.6. The molecule has 3 aliphatic carbocycles. The highest BCUT2D eigenvalue weighted by molar-refractivity contribution is 5.36. The molecule has 0 radical (unpaired) electrons. The molecule has 0 spiro atoms. The van der Waals surface area contributed by atoms with E-state index in [1.807, 2.05) is 0 Å². The summed E-state index contributed by atoms with van der Waals surface area (Å²) in [6.07, 6.45) is 16.2. The van der Waals surface area contributed by atoms with Gasteiger partial charge < -0.3 is 10.2 Å². The number of aliphatic hydroxyl groups is 2. The van der Waals surface area contributed by atoms with Crippen LogP contribution in [0.25, 0.3) is 0 Å². The van der Waals surface area contributed by atoms with Gasteiger partial charge in [-0.3, -0.25) is 0 Å². The van der Waals surface area contributed by atoms with Crippen molar-refractivity contribution >= 4 is 0 Å². The van der Waals surface area contributed by atoms with Gasteiger partial charge in [-0.2, -0.15) is 0 Å². The number of aliphatic hydroxyl groups excluding tert-OH is 1. The van der Waals surface area contributed by atoms with E-state index in [0.717, 1.165) is 38.5 Å². The molecule has 2 heteroatoms. The van der Waals surface area contributed by atoms with Crippen LogP contribution in [0, 0.1) is 23.2 Å². The van der Waals surface area contributed by atoms with E-state index >= 15 is 0 Å². The summed E-state index contributed by atoms with van der Waals surface area (Å²) in [5, 5.41) is 21.5. The first kappa shape index (κ1) is 22.8. The molecule has 3 fully saturated rings. The van der Waals surface area contributed by atoms with E-state index in [1.165, 1.54) is 43.3 Å². The summed E-state index contributed by atoms with van der Waals surface area (Å²) < 4.78 is 0. The lowest BCUT2D eigenvalue weighted by molar-refractivity contribution is -0.0657. The van der Waals surface area contributed by atoms with Crippen LogP contribution in [0.5, 0.6) is 0 Å². The molecule has 3 saturated carbocycles. The average molecular weight is 401 g/mol. The Labute approximate surface area is 179 Å². The molecule has 0 amide bonds. The molecule has 2 nitrogen and oxygen atoms in total. The van der Waals surface area contributed by atoms with Crippen LogP contribution in [0.4, 0.5) is 0 Å². The minimum Gasteiger partial charge on any atom is -0.393 e. The summed E-state index contributed by atoms with van der Waals surface area (Å²) in [5.41, 5.74) is 3.66. The summed E-state index contributed by atoms with van der Waals surface area (Å²) in [6, 6.07) is 0. The molecule has 0 saturated heterocycles. The topological polar surface area (TPSA) is 40.5 Å². The monoisotopic (exact) mass is 400 g/mol. The van der Waals surface area contributed by atoms with Crippen LogP contribution in [-0.2, 0) is 0 Å². The number of allylic oxidation sites excluding steroid dienone is 4. The molecule has 164 valence electrons. The molecule has 3 aliphatic rings. The average Bonchev–Trinajstić information content (AvgIpc) is 3.00. The molecule has 5 atom stereocenters. The van der Waals surface area contributed by atoms with E-state index in [-0.39, 0.29) is 11.5 Å². The van der Waals surface area contributed by atoms with Crippen molar-refractivity contribution in [3.63, 3.8) is 0 Å². The zero-order valence-corrected chi connectivity index (χ0v) is 19.3. The molecule has 0 aromatic heterocycles. The molecular weight excluding hydrogens is 356 g/mol. The van der Waals surface area contributed by atoms with Gasteiger partial charge in [-0.15, -0.1) is 0 Å². The summed E-state index contributed by atoms with van der Waals surface area (Å²) >= 11 is 0. The van der Waals surface area contributed by atoms with Gasteiger partial charge in [-0.25, -0.2) is 0 Å². The van der Waals surface area contributed by atoms with Crippen LogP contribution < -0.4 is 0 Å². The predicted molar refractivity (Wildman–Crippen MR) is 123 cm³/mol. The Morgan fingerprint density at radius 3 is 2.69 bits per heavy atom. The van der Waals surface area contributed by atoms with Gasteiger partial charge in [0.05, 0.1) is 11.7 Å². The Kier molecular flexibility index (Phi) is 7.16. The second kappa shape index (κ2) is 9.10. The third-order valence-corrected chi connectivity index (χ3v) is 8.37. The van der Waals surface area contributed by atoms with E-state index in [9.17, 15) is 10.2 Å². The maximum atomic E-state index is 11.4. The highest BCUT2D eigenvalue weighted by Gasteiger charge is 2.54. The third kappa shape index (κ3) is 5.07. The van der Waals surface area contributed by atoms with E-state index in [2.05, 4.69) is 46.4 Å². The second-order valence-electron chi connectivity index (χ2n) is 11.1. The Morgan fingerprint density at radius 1 is 1.21 bits per heavy atom. The Hall–Kier alpha value is -0.860. The molecule has 0 unspecified atom stereocenters. The van der Waals surface area contributed by atoms with Crippen molar-refractivity contribution < 1.29 is 10.2 Å². The van der Waals surface area contributed by atoms with Gasteiger partial charge in [0.15, 0.2) is 0 Å². The zero-order valence-electron chi connectivity index (χ0n) is 19.3. The molecule has 3 rings (SSSR count). The number of hydrogen-bond acceptors (Lipinski definition) is 2. The lowest BCUT2D eigenvalue weighted by atomic mass is 9.59. The quantitative estimate of drug-likeness (QED) is 0.518. The number of hydrogen-bond donors (Lipinski definition) is 2. The van der Waals surface area contributed by atoms with E-state index in [1.54, 1.807) is 5.57 Å². The van der Waals surface area contributed by atoms with Crippen molar-refractivity contribution in [1.29, 1.82) is 0 Å². The van der Waals surface area contributed by atoms with E-state index in [0.29, 0.717) is 17.8 Å². The SMILES string of the molecule is C=C1CC[C@@H](O)C/C1=C/C=C1\CCC[C@@]2(C)[C@H]1CC[C@@H]2[C@](C)(O)CCCC(C)C. The van der Waals surface area contributed by atoms with Crippen LogP contribution in [0.1, 0.15) is 98.3 Å². The van der Waals surface area contributed by atoms with Crippen molar-refractivity contribution in [3.05, 3.63) is 35.5 Å². The Balaban J connectivity index is 1.75. The summed E-state index contributed by atoms with van der Waals surface area (Å²) in [4.78, 5) is 0. The highest BCUT2D eigenvalue weighted by Crippen LogP contribution is 2.60. The number of fused-ring (bicyclic) bond motifs is 1.